The summed E-state index contributed by atoms with van der Waals surface area (Å²) in [5.41, 5.74) is 4.33. The largest absolute Gasteiger partial charge is 0.457 e. The highest BCUT2D eigenvalue weighted by Crippen LogP contribution is 2.21. The van der Waals surface area contributed by atoms with E-state index in [-0.39, 0.29) is 11.9 Å². The number of hydrazone groups is 1. The molecule has 0 aliphatic carbocycles. The lowest BCUT2D eigenvalue weighted by atomic mass is 10.2. The first kappa shape index (κ1) is 19.2. The maximum Gasteiger partial charge on any atom is 0.262 e. The minimum absolute atomic E-state index is 0.181. The summed E-state index contributed by atoms with van der Waals surface area (Å²) in [6.07, 6.45) is 2.25. The van der Waals surface area contributed by atoms with Gasteiger partial charge in [-0.2, -0.15) is 5.10 Å². The number of hydrogen-bond acceptors (Lipinski definition) is 4. The molecule has 28 heavy (non-hydrogen) atoms. The van der Waals surface area contributed by atoms with Crippen LogP contribution in [0.15, 0.2) is 90.0 Å². The van der Waals surface area contributed by atoms with Gasteiger partial charge in [0.25, 0.3) is 5.91 Å². The Hall–Kier alpha value is -3.60. The van der Waals surface area contributed by atoms with Gasteiger partial charge in [-0.25, -0.2) is 5.43 Å². The zero-order valence-electron chi connectivity index (χ0n) is 15.7. The van der Waals surface area contributed by atoms with Gasteiger partial charge in [0.1, 0.15) is 17.5 Å². The predicted octanol–water partition coefficient (Wildman–Crippen LogP) is 4.82. The van der Waals surface area contributed by atoms with Crippen LogP contribution in [0.3, 0.4) is 0 Å². The number of nitrogens with zero attached hydrogens (tertiary/aromatic N) is 1. The average molecular weight is 373 g/mol. The molecule has 0 aliphatic heterocycles. The number of benzene rings is 3. The normalized spacial score (nSPS) is 11.8. The third kappa shape index (κ3) is 5.71. The van der Waals surface area contributed by atoms with Gasteiger partial charge < -0.3 is 10.1 Å². The summed E-state index contributed by atoms with van der Waals surface area (Å²) in [4.78, 5) is 12.4. The molecule has 0 aromatic heterocycles. The molecule has 0 spiro atoms. The van der Waals surface area contributed by atoms with E-state index in [4.69, 9.17) is 4.74 Å². The second-order valence-corrected chi connectivity index (χ2v) is 6.19. The van der Waals surface area contributed by atoms with Crippen LogP contribution in [0.5, 0.6) is 11.5 Å². The maximum absolute atomic E-state index is 12.4. The molecule has 5 heteroatoms. The Morgan fingerprint density at radius 2 is 1.64 bits per heavy atom. The molecule has 5 nitrogen and oxygen atoms in total. The van der Waals surface area contributed by atoms with Crippen molar-refractivity contribution in [2.45, 2.75) is 19.4 Å². The zero-order valence-corrected chi connectivity index (χ0v) is 15.7. The number of para-hydroxylation sites is 2. The van der Waals surface area contributed by atoms with Gasteiger partial charge in [0.15, 0.2) is 0 Å². The van der Waals surface area contributed by atoms with Crippen molar-refractivity contribution in [1.29, 1.82) is 0 Å². The highest BCUT2D eigenvalue weighted by atomic mass is 16.5. The van der Waals surface area contributed by atoms with Crippen molar-refractivity contribution < 1.29 is 9.53 Å². The van der Waals surface area contributed by atoms with Crippen molar-refractivity contribution in [3.8, 4) is 11.5 Å². The van der Waals surface area contributed by atoms with E-state index in [1.165, 1.54) is 0 Å². The monoisotopic (exact) mass is 373 g/mol. The van der Waals surface area contributed by atoms with Crippen molar-refractivity contribution in [2.24, 2.45) is 5.10 Å². The van der Waals surface area contributed by atoms with Crippen LogP contribution in [0.1, 0.15) is 18.9 Å². The van der Waals surface area contributed by atoms with Gasteiger partial charge in [-0.1, -0.05) is 55.5 Å². The topological polar surface area (TPSA) is 62.7 Å². The van der Waals surface area contributed by atoms with E-state index in [9.17, 15) is 4.79 Å². The first-order valence-electron chi connectivity index (χ1n) is 9.22. The number of hydrogen-bond donors (Lipinski definition) is 2. The Morgan fingerprint density at radius 3 is 2.36 bits per heavy atom. The molecular weight excluding hydrogens is 350 g/mol. The van der Waals surface area contributed by atoms with Crippen LogP contribution < -0.4 is 15.5 Å². The van der Waals surface area contributed by atoms with Crippen molar-refractivity contribution in [1.82, 2.24) is 5.43 Å². The Balaban J connectivity index is 1.57. The third-order valence-electron chi connectivity index (χ3n) is 4.06. The summed E-state index contributed by atoms with van der Waals surface area (Å²) >= 11 is 0. The number of ether oxygens (including phenoxy) is 1. The van der Waals surface area contributed by atoms with Crippen molar-refractivity contribution in [2.75, 3.05) is 5.32 Å². The quantitative estimate of drug-likeness (QED) is 0.439. The number of rotatable bonds is 8. The van der Waals surface area contributed by atoms with Gasteiger partial charge >= 0.3 is 0 Å². The molecule has 0 bridgehead atoms. The molecule has 0 aliphatic rings. The Bertz CT molecular complexity index is 911. The van der Waals surface area contributed by atoms with Crippen molar-refractivity contribution in [3.63, 3.8) is 0 Å². The van der Waals surface area contributed by atoms with Crippen LogP contribution in [-0.2, 0) is 4.79 Å². The maximum atomic E-state index is 12.4. The van der Waals surface area contributed by atoms with E-state index in [1.807, 2.05) is 91.9 Å². The van der Waals surface area contributed by atoms with Crippen LogP contribution in [-0.4, -0.2) is 18.2 Å². The number of carbonyl (C=O) groups excluding carboxylic acids is 1. The first-order chi connectivity index (χ1) is 13.7. The van der Waals surface area contributed by atoms with Crippen molar-refractivity contribution in [3.05, 3.63) is 90.5 Å². The van der Waals surface area contributed by atoms with Gasteiger partial charge in [-0.3, -0.25) is 4.79 Å². The molecule has 0 unspecified atom stereocenters. The molecule has 0 fully saturated rings. The van der Waals surface area contributed by atoms with Gasteiger partial charge in [0.2, 0.25) is 0 Å². The summed E-state index contributed by atoms with van der Waals surface area (Å²) < 4.78 is 5.81. The molecule has 1 atom stereocenters. The Kier molecular flexibility index (Phi) is 6.79. The fourth-order valence-corrected chi connectivity index (χ4v) is 2.62. The summed E-state index contributed by atoms with van der Waals surface area (Å²) in [7, 11) is 0. The molecule has 0 heterocycles. The summed E-state index contributed by atoms with van der Waals surface area (Å²) in [5.74, 6) is 1.29. The molecule has 3 aromatic carbocycles. The Labute approximate surface area is 165 Å². The standard InChI is InChI=1S/C23H23N3O2/c1-2-22(25-19-11-5-3-6-12-19)23(27)26-24-17-18-10-9-15-21(16-18)28-20-13-7-4-8-14-20/h3-17,22,25H,2H2,1H3,(H,26,27)/b24-17-/t22-/m1/s1. The molecule has 0 saturated carbocycles. The first-order valence-corrected chi connectivity index (χ1v) is 9.22. The van der Waals surface area contributed by atoms with Crippen LogP contribution in [0.25, 0.3) is 0 Å². The minimum atomic E-state index is -0.354. The van der Waals surface area contributed by atoms with Gasteiger partial charge in [0, 0.05) is 5.69 Å². The average Bonchev–Trinajstić information content (AvgIpc) is 2.74. The summed E-state index contributed by atoms with van der Waals surface area (Å²) in [5, 5.41) is 7.29. The lowest BCUT2D eigenvalue weighted by Crippen LogP contribution is -2.36. The minimum Gasteiger partial charge on any atom is -0.457 e. The third-order valence-corrected chi connectivity index (χ3v) is 4.06. The number of nitrogens with one attached hydrogen (secondary N) is 2. The molecule has 2 N–H and O–H groups in total. The molecule has 142 valence electrons. The lowest BCUT2D eigenvalue weighted by Gasteiger charge is -2.16. The predicted molar refractivity (Wildman–Crippen MR) is 113 cm³/mol. The number of carbonyl (C=O) groups is 1. The number of amides is 1. The highest BCUT2D eigenvalue weighted by molar-refractivity contribution is 5.86. The summed E-state index contributed by atoms with van der Waals surface area (Å²) in [6, 6.07) is 26.4. The second kappa shape index (κ2) is 9.92. The van der Waals surface area contributed by atoms with Crippen LogP contribution in [0.4, 0.5) is 5.69 Å². The summed E-state index contributed by atoms with van der Waals surface area (Å²) in [6.45, 7) is 1.95. The molecular formula is C23H23N3O2. The second-order valence-electron chi connectivity index (χ2n) is 6.19. The molecule has 3 aromatic rings. The van der Waals surface area contributed by atoms with Crippen molar-refractivity contribution >= 4 is 17.8 Å². The molecule has 0 radical (unpaired) electrons. The van der Waals surface area contributed by atoms with Crippen LogP contribution >= 0.6 is 0 Å². The van der Waals surface area contributed by atoms with E-state index in [0.29, 0.717) is 12.2 Å². The van der Waals surface area contributed by atoms with E-state index in [1.54, 1.807) is 6.21 Å². The molecule has 1 amide bonds. The van der Waals surface area contributed by atoms with E-state index in [0.717, 1.165) is 17.0 Å². The van der Waals surface area contributed by atoms with Gasteiger partial charge in [-0.05, 0) is 48.4 Å². The van der Waals surface area contributed by atoms with E-state index < -0.39 is 0 Å². The smallest absolute Gasteiger partial charge is 0.262 e. The van der Waals surface area contributed by atoms with E-state index >= 15 is 0 Å². The van der Waals surface area contributed by atoms with Crippen LogP contribution in [0, 0.1) is 0 Å². The van der Waals surface area contributed by atoms with Crippen LogP contribution in [0.2, 0.25) is 0 Å². The van der Waals surface area contributed by atoms with E-state index in [2.05, 4.69) is 15.8 Å². The fraction of sp³-hybridized carbons (Fsp3) is 0.130. The lowest BCUT2D eigenvalue weighted by molar-refractivity contribution is -0.121. The van der Waals surface area contributed by atoms with Gasteiger partial charge in [0.05, 0.1) is 6.21 Å². The highest BCUT2D eigenvalue weighted by Gasteiger charge is 2.15. The fourth-order valence-electron chi connectivity index (χ4n) is 2.62. The molecule has 3 rings (SSSR count). The SMILES string of the molecule is CC[C@@H](Nc1ccccc1)C(=O)N/N=C\c1cccc(Oc2ccccc2)c1. The Morgan fingerprint density at radius 1 is 0.964 bits per heavy atom. The number of anilines is 1. The molecule has 0 saturated heterocycles. The van der Waals surface area contributed by atoms with Gasteiger partial charge in [-0.15, -0.1) is 0 Å². The zero-order chi connectivity index (χ0) is 19.6.